The third-order valence-electron chi connectivity index (χ3n) is 12.5. The summed E-state index contributed by atoms with van der Waals surface area (Å²) in [4.78, 5) is 2.35. The molecule has 0 spiro atoms. The van der Waals surface area contributed by atoms with Crippen molar-refractivity contribution in [2.75, 3.05) is 4.90 Å². The van der Waals surface area contributed by atoms with Crippen LogP contribution in [0.2, 0.25) is 0 Å². The highest BCUT2D eigenvalue weighted by molar-refractivity contribution is 6.11. The van der Waals surface area contributed by atoms with Crippen LogP contribution in [-0.4, -0.2) is 0 Å². The van der Waals surface area contributed by atoms with E-state index >= 15 is 0 Å². The Hall–Kier alpha value is -8.20. The standard InChI is InChI=1S/C60H39NO/c1-2-10-43(11-3-1)56-18-9-19-57-58-39-47(29-37-59(58)62-60(56)57)41-24-32-50(33-25-41)61(51-34-26-45(27-35-51)54-17-8-14-42-12-4-6-15-52(42)54)49-30-22-40(23-31-49)46-28-36-55-48(38-46)21-20-44-13-5-7-16-53(44)55/h1-39H. The van der Waals surface area contributed by atoms with Gasteiger partial charge in [0.15, 0.2) is 0 Å². The van der Waals surface area contributed by atoms with E-state index in [2.05, 4.69) is 235 Å². The number of hydrogen-bond acceptors (Lipinski definition) is 2. The van der Waals surface area contributed by atoms with Crippen molar-refractivity contribution < 1.29 is 4.42 Å². The summed E-state index contributed by atoms with van der Waals surface area (Å²) in [5.41, 5.74) is 14.4. The molecule has 0 radical (unpaired) electrons. The minimum Gasteiger partial charge on any atom is -0.455 e. The molecule has 0 amide bonds. The predicted octanol–water partition coefficient (Wildman–Crippen LogP) is 17.2. The molecule has 0 saturated heterocycles. The number of para-hydroxylation sites is 1. The van der Waals surface area contributed by atoms with Crippen molar-refractivity contribution in [1.82, 2.24) is 0 Å². The number of nitrogens with zero attached hydrogens (tertiary/aromatic N) is 1. The van der Waals surface area contributed by atoms with E-state index in [1.54, 1.807) is 0 Å². The molecular weight excluding hydrogens is 751 g/mol. The van der Waals surface area contributed by atoms with Crippen molar-refractivity contribution in [3.05, 3.63) is 237 Å². The lowest BCUT2D eigenvalue weighted by molar-refractivity contribution is 0.670. The van der Waals surface area contributed by atoms with E-state index < -0.39 is 0 Å². The van der Waals surface area contributed by atoms with Crippen molar-refractivity contribution >= 4 is 71.3 Å². The van der Waals surface area contributed by atoms with Crippen LogP contribution in [0.15, 0.2) is 241 Å². The smallest absolute Gasteiger partial charge is 0.143 e. The maximum absolute atomic E-state index is 6.50. The van der Waals surface area contributed by atoms with Crippen molar-refractivity contribution in [3.63, 3.8) is 0 Å². The zero-order valence-electron chi connectivity index (χ0n) is 33.9. The summed E-state index contributed by atoms with van der Waals surface area (Å²) in [6, 6.07) is 85.4. The summed E-state index contributed by atoms with van der Waals surface area (Å²) in [5, 5.41) is 9.81. The Morgan fingerprint density at radius 3 is 1.47 bits per heavy atom. The van der Waals surface area contributed by atoms with Gasteiger partial charge in [0.25, 0.3) is 0 Å². The Kier molecular flexibility index (Phi) is 8.53. The van der Waals surface area contributed by atoms with E-state index in [4.69, 9.17) is 4.42 Å². The van der Waals surface area contributed by atoms with Crippen molar-refractivity contribution in [3.8, 4) is 44.5 Å². The maximum Gasteiger partial charge on any atom is 0.143 e. The lowest BCUT2D eigenvalue weighted by atomic mass is 9.97. The number of anilines is 3. The number of furan rings is 1. The molecule has 0 fully saturated rings. The first-order valence-electron chi connectivity index (χ1n) is 21.2. The van der Waals surface area contributed by atoms with Crippen molar-refractivity contribution in [1.29, 1.82) is 0 Å². The monoisotopic (exact) mass is 789 g/mol. The molecule has 0 aliphatic rings. The molecule has 62 heavy (non-hydrogen) atoms. The zero-order chi connectivity index (χ0) is 41.0. The van der Waals surface area contributed by atoms with Gasteiger partial charge < -0.3 is 9.32 Å². The molecule has 2 nitrogen and oxygen atoms in total. The van der Waals surface area contributed by atoms with E-state index in [0.29, 0.717) is 0 Å². The van der Waals surface area contributed by atoms with Crippen LogP contribution in [0.25, 0.3) is 98.8 Å². The SMILES string of the molecule is c1ccc(-c2cccc3c2oc2ccc(-c4ccc(N(c5ccc(-c6ccc7c(ccc8ccccc87)c6)cc5)c5ccc(-c6cccc7ccccc67)cc5)cc4)cc23)cc1. The molecule has 1 aromatic heterocycles. The van der Waals surface area contributed by atoms with Gasteiger partial charge in [-0.3, -0.25) is 0 Å². The quantitative estimate of drug-likeness (QED) is 0.150. The van der Waals surface area contributed by atoms with Crippen LogP contribution in [0, 0.1) is 0 Å². The van der Waals surface area contributed by atoms with E-state index in [9.17, 15) is 0 Å². The van der Waals surface area contributed by atoms with Gasteiger partial charge >= 0.3 is 0 Å². The van der Waals surface area contributed by atoms with Gasteiger partial charge in [0.05, 0.1) is 0 Å². The third-order valence-corrected chi connectivity index (χ3v) is 12.5. The molecule has 2 heteroatoms. The topological polar surface area (TPSA) is 16.4 Å². The minimum absolute atomic E-state index is 0.891. The Balaban J connectivity index is 0.914. The molecule has 0 saturated carbocycles. The van der Waals surface area contributed by atoms with Crippen molar-refractivity contribution in [2.45, 2.75) is 0 Å². The van der Waals surface area contributed by atoms with Crippen LogP contribution >= 0.6 is 0 Å². The number of rotatable bonds is 7. The molecule has 0 aliphatic carbocycles. The largest absolute Gasteiger partial charge is 0.455 e. The summed E-state index contributed by atoms with van der Waals surface area (Å²) in [6.07, 6.45) is 0. The maximum atomic E-state index is 6.50. The second-order valence-electron chi connectivity index (χ2n) is 16.1. The fraction of sp³-hybridized carbons (Fsp3) is 0. The Morgan fingerprint density at radius 1 is 0.258 bits per heavy atom. The van der Waals surface area contributed by atoms with E-state index in [1.807, 2.05) is 6.07 Å². The molecule has 0 aliphatic heterocycles. The molecule has 0 atom stereocenters. The highest BCUT2D eigenvalue weighted by Crippen LogP contribution is 2.41. The molecule has 0 bridgehead atoms. The second kappa shape index (κ2) is 14.8. The van der Waals surface area contributed by atoms with Gasteiger partial charge in [0.2, 0.25) is 0 Å². The van der Waals surface area contributed by atoms with E-state index in [1.165, 1.54) is 54.6 Å². The second-order valence-corrected chi connectivity index (χ2v) is 16.1. The van der Waals surface area contributed by atoms with Crippen LogP contribution in [0.3, 0.4) is 0 Å². The summed E-state index contributed by atoms with van der Waals surface area (Å²) >= 11 is 0. The molecule has 11 aromatic carbocycles. The first kappa shape index (κ1) is 35.7. The van der Waals surface area contributed by atoms with Crippen LogP contribution in [0.4, 0.5) is 17.1 Å². The first-order chi connectivity index (χ1) is 30.7. The fourth-order valence-corrected chi connectivity index (χ4v) is 9.34. The molecule has 12 aromatic rings. The van der Waals surface area contributed by atoms with Crippen LogP contribution in [0.5, 0.6) is 0 Å². The number of hydrogen-bond donors (Lipinski definition) is 0. The fourth-order valence-electron chi connectivity index (χ4n) is 9.34. The van der Waals surface area contributed by atoms with Crippen molar-refractivity contribution in [2.24, 2.45) is 0 Å². The third kappa shape index (κ3) is 6.20. The average Bonchev–Trinajstić information content (AvgIpc) is 3.73. The van der Waals surface area contributed by atoms with E-state index in [-0.39, 0.29) is 0 Å². The highest BCUT2D eigenvalue weighted by atomic mass is 16.3. The molecule has 290 valence electrons. The lowest BCUT2D eigenvalue weighted by Crippen LogP contribution is -2.09. The van der Waals surface area contributed by atoms with Gasteiger partial charge in [-0.05, 0) is 126 Å². The lowest BCUT2D eigenvalue weighted by Gasteiger charge is -2.26. The summed E-state index contributed by atoms with van der Waals surface area (Å²) < 4.78 is 6.50. The number of benzene rings is 11. The average molecular weight is 790 g/mol. The highest BCUT2D eigenvalue weighted by Gasteiger charge is 2.17. The molecule has 1 heterocycles. The summed E-state index contributed by atoms with van der Waals surface area (Å²) in [7, 11) is 0. The molecule has 0 N–H and O–H groups in total. The van der Waals surface area contributed by atoms with Gasteiger partial charge in [-0.1, -0.05) is 182 Å². The minimum atomic E-state index is 0.891. The Morgan fingerprint density at radius 2 is 0.742 bits per heavy atom. The van der Waals surface area contributed by atoms with E-state index in [0.717, 1.165) is 61.3 Å². The van der Waals surface area contributed by atoms with Crippen LogP contribution in [0.1, 0.15) is 0 Å². The normalized spacial score (nSPS) is 11.5. The predicted molar refractivity (Wildman–Crippen MR) is 263 cm³/mol. The Bertz CT molecular complexity index is 3600. The summed E-state index contributed by atoms with van der Waals surface area (Å²) in [5.74, 6) is 0. The summed E-state index contributed by atoms with van der Waals surface area (Å²) in [6.45, 7) is 0. The molecule has 12 rings (SSSR count). The van der Waals surface area contributed by atoms with Crippen LogP contribution in [-0.2, 0) is 0 Å². The first-order valence-corrected chi connectivity index (χ1v) is 21.2. The Labute approximate surface area is 360 Å². The number of fused-ring (bicyclic) bond motifs is 7. The van der Waals surface area contributed by atoms with Gasteiger partial charge in [-0.15, -0.1) is 0 Å². The van der Waals surface area contributed by atoms with Gasteiger partial charge in [-0.25, -0.2) is 0 Å². The van der Waals surface area contributed by atoms with Gasteiger partial charge in [-0.2, -0.15) is 0 Å². The van der Waals surface area contributed by atoms with Gasteiger partial charge in [0, 0.05) is 33.4 Å². The van der Waals surface area contributed by atoms with Gasteiger partial charge in [0.1, 0.15) is 11.2 Å². The zero-order valence-corrected chi connectivity index (χ0v) is 33.9. The van der Waals surface area contributed by atoms with Crippen LogP contribution < -0.4 is 4.90 Å². The molecule has 0 unspecified atom stereocenters. The molecular formula is C60H39NO.